The summed E-state index contributed by atoms with van der Waals surface area (Å²) in [6, 6.07) is 8.30. The smallest absolute Gasteiger partial charge is 0.375 e. The molecule has 5 N–H and O–H groups in total. The summed E-state index contributed by atoms with van der Waals surface area (Å²) in [7, 11) is 0. The second-order valence-corrected chi connectivity index (χ2v) is 5.52. The van der Waals surface area contributed by atoms with Crippen LogP contribution in [-0.4, -0.2) is 41.0 Å². The van der Waals surface area contributed by atoms with Gasteiger partial charge in [0.05, 0.1) is 19.8 Å². The molecule has 0 spiro atoms. The number of hydrogen-bond acceptors (Lipinski definition) is 4. The van der Waals surface area contributed by atoms with Crippen molar-refractivity contribution in [1.29, 1.82) is 0 Å². The number of anilines is 1. The molecule has 0 atom stereocenters. The average molecular weight is 384 g/mol. The van der Waals surface area contributed by atoms with Crippen molar-refractivity contribution in [2.24, 2.45) is 16.5 Å². The van der Waals surface area contributed by atoms with Gasteiger partial charge in [0.15, 0.2) is 11.8 Å². The van der Waals surface area contributed by atoms with Crippen molar-refractivity contribution in [1.82, 2.24) is 9.78 Å². The van der Waals surface area contributed by atoms with Gasteiger partial charge in [-0.15, -0.1) is 0 Å². The lowest BCUT2D eigenvalue weighted by molar-refractivity contribution is -0.118. The predicted molar refractivity (Wildman–Crippen MR) is 93.0 cm³/mol. The number of primary amides is 1. The number of benzene rings is 1. The van der Waals surface area contributed by atoms with Crippen molar-refractivity contribution in [3.05, 3.63) is 47.7 Å². The topological polar surface area (TPSA) is 121 Å². The monoisotopic (exact) mass is 384 g/mol. The van der Waals surface area contributed by atoms with E-state index in [-0.39, 0.29) is 11.8 Å². The zero-order valence-electron chi connectivity index (χ0n) is 14.2. The maximum Gasteiger partial charge on any atom is 0.408 e. The van der Waals surface area contributed by atoms with Crippen LogP contribution in [0.4, 0.5) is 19.0 Å². The number of nitrogens with two attached hydrogens (primary N) is 2. The number of rotatable bonds is 8. The third-order valence-corrected chi connectivity index (χ3v) is 3.30. The molecule has 2 rings (SSSR count). The van der Waals surface area contributed by atoms with Crippen LogP contribution >= 0.6 is 0 Å². The second kappa shape index (κ2) is 9.03. The molecule has 27 heavy (non-hydrogen) atoms. The number of nitrogens with one attached hydrogen (secondary N) is 1. The lowest BCUT2D eigenvalue weighted by atomic mass is 10.1. The maximum atomic E-state index is 12.1. The molecule has 0 unspecified atom stereocenters. The number of amides is 1. The Labute approximate surface area is 153 Å². The molecule has 0 radical (unpaired) electrons. The van der Waals surface area contributed by atoms with Crippen molar-refractivity contribution in [3.63, 3.8) is 0 Å². The first-order valence-corrected chi connectivity index (χ1v) is 7.86. The van der Waals surface area contributed by atoms with Crippen LogP contribution in [0.25, 0.3) is 0 Å². The molecule has 0 aliphatic rings. The van der Waals surface area contributed by atoms with Gasteiger partial charge in [0.2, 0.25) is 5.91 Å². The first-order chi connectivity index (χ1) is 12.7. The van der Waals surface area contributed by atoms with Crippen LogP contribution < -0.4 is 16.8 Å². The van der Waals surface area contributed by atoms with Gasteiger partial charge in [0.1, 0.15) is 6.54 Å². The van der Waals surface area contributed by atoms with Crippen LogP contribution in [0.1, 0.15) is 15.9 Å². The molecule has 0 aliphatic carbocycles. The van der Waals surface area contributed by atoms with Crippen molar-refractivity contribution in [2.45, 2.75) is 19.3 Å². The summed E-state index contributed by atoms with van der Waals surface area (Å²) < 4.78 is 43.3. The zero-order chi connectivity index (χ0) is 19.9. The number of halogens is 3. The molecule has 0 aliphatic heterocycles. The number of guanidine groups is 1. The minimum Gasteiger partial charge on any atom is -0.375 e. The number of hydrogen-bond donors (Lipinski definition) is 3. The Bertz CT molecular complexity index is 786. The van der Waals surface area contributed by atoms with Crippen molar-refractivity contribution < 1.29 is 22.7 Å². The SMILES string of the molecule is NC(=O)c1ccc(COCCn2ccc(N/C(N)=N\CC(F)(F)F)n2)cc1. The largest absolute Gasteiger partial charge is 0.408 e. The number of aliphatic imine (C=N–C) groups is 1. The van der Waals surface area contributed by atoms with Crippen LogP contribution in [0.15, 0.2) is 41.5 Å². The van der Waals surface area contributed by atoms with Gasteiger partial charge < -0.3 is 21.5 Å². The van der Waals surface area contributed by atoms with Crippen LogP contribution in [0.2, 0.25) is 0 Å². The van der Waals surface area contributed by atoms with E-state index >= 15 is 0 Å². The number of aromatic nitrogens is 2. The number of nitrogens with zero attached hydrogens (tertiary/aromatic N) is 3. The predicted octanol–water partition coefficient (Wildman–Crippen LogP) is 1.49. The third-order valence-electron chi connectivity index (χ3n) is 3.30. The van der Waals surface area contributed by atoms with E-state index in [1.807, 2.05) is 0 Å². The van der Waals surface area contributed by atoms with Crippen LogP contribution in [0, 0.1) is 0 Å². The summed E-state index contributed by atoms with van der Waals surface area (Å²) in [6.45, 7) is -0.222. The van der Waals surface area contributed by atoms with E-state index in [0.717, 1.165) is 5.56 Å². The van der Waals surface area contributed by atoms with Crippen molar-refractivity contribution in [2.75, 3.05) is 18.5 Å². The Hall–Kier alpha value is -3.08. The summed E-state index contributed by atoms with van der Waals surface area (Å²) in [5.74, 6) is -0.580. The minimum absolute atomic E-state index is 0.278. The quantitative estimate of drug-likeness (QED) is 0.362. The summed E-state index contributed by atoms with van der Waals surface area (Å²) >= 11 is 0. The lowest BCUT2D eigenvalue weighted by Crippen LogP contribution is -2.25. The number of alkyl halides is 3. The van der Waals surface area contributed by atoms with E-state index in [1.54, 1.807) is 41.2 Å². The fourth-order valence-electron chi connectivity index (χ4n) is 2.01. The zero-order valence-corrected chi connectivity index (χ0v) is 14.2. The van der Waals surface area contributed by atoms with Gasteiger partial charge >= 0.3 is 6.18 Å². The molecule has 0 fully saturated rings. The number of carbonyl (C=O) groups is 1. The molecule has 1 aromatic carbocycles. The number of carbonyl (C=O) groups excluding carboxylic acids is 1. The average Bonchev–Trinajstić information content (AvgIpc) is 3.04. The Kier molecular flexibility index (Phi) is 6.77. The van der Waals surface area contributed by atoms with Crippen molar-refractivity contribution in [3.8, 4) is 0 Å². The second-order valence-electron chi connectivity index (χ2n) is 5.52. The highest BCUT2D eigenvalue weighted by molar-refractivity contribution is 5.92. The van der Waals surface area contributed by atoms with E-state index in [9.17, 15) is 18.0 Å². The van der Waals surface area contributed by atoms with Crippen LogP contribution in [0.5, 0.6) is 0 Å². The van der Waals surface area contributed by atoms with Gasteiger partial charge in [-0.3, -0.25) is 9.48 Å². The molecule has 11 heteroatoms. The molecule has 1 amide bonds. The fourth-order valence-corrected chi connectivity index (χ4v) is 2.01. The van der Waals surface area contributed by atoms with E-state index in [4.69, 9.17) is 16.2 Å². The lowest BCUT2D eigenvalue weighted by Gasteiger charge is -2.06. The van der Waals surface area contributed by atoms with Gasteiger partial charge in [-0.25, -0.2) is 4.99 Å². The maximum absolute atomic E-state index is 12.1. The minimum atomic E-state index is -4.41. The highest BCUT2D eigenvalue weighted by Crippen LogP contribution is 2.14. The molecular formula is C16H19F3N6O2. The Morgan fingerprint density at radius 2 is 1.93 bits per heavy atom. The summed E-state index contributed by atoms with van der Waals surface area (Å²) in [5.41, 5.74) is 11.9. The molecule has 146 valence electrons. The molecule has 0 saturated heterocycles. The molecule has 1 aromatic heterocycles. The number of ether oxygens (including phenoxy) is 1. The van der Waals surface area contributed by atoms with E-state index < -0.39 is 18.6 Å². The molecule has 2 aromatic rings. The third kappa shape index (κ3) is 7.36. The summed E-state index contributed by atoms with van der Waals surface area (Å²) in [5, 5.41) is 6.59. The Balaban J connectivity index is 1.73. The Morgan fingerprint density at radius 3 is 2.56 bits per heavy atom. The molecule has 8 nitrogen and oxygen atoms in total. The van der Waals surface area contributed by atoms with Crippen LogP contribution in [0.3, 0.4) is 0 Å². The molecule has 1 heterocycles. The Morgan fingerprint density at radius 1 is 1.22 bits per heavy atom. The van der Waals surface area contributed by atoms with E-state index in [0.29, 0.717) is 25.3 Å². The van der Waals surface area contributed by atoms with Gasteiger partial charge in [0.25, 0.3) is 0 Å². The fraction of sp³-hybridized carbons (Fsp3) is 0.312. The summed E-state index contributed by atoms with van der Waals surface area (Å²) in [6.07, 6.45) is -2.78. The van der Waals surface area contributed by atoms with E-state index in [1.165, 1.54) is 0 Å². The standard InChI is InChI=1S/C16H19F3N6O2/c17-16(18,19)10-22-15(21)23-13-5-6-25(24-13)7-8-27-9-11-1-3-12(4-2-11)14(20)26/h1-6H,7-10H2,(H2,20,26)(H3,21,22,23,24). The van der Waals surface area contributed by atoms with Gasteiger partial charge in [-0.05, 0) is 17.7 Å². The van der Waals surface area contributed by atoms with Crippen molar-refractivity contribution >= 4 is 17.7 Å². The van der Waals surface area contributed by atoms with E-state index in [2.05, 4.69) is 15.4 Å². The van der Waals surface area contributed by atoms with Gasteiger partial charge in [0, 0.05) is 17.8 Å². The molecular weight excluding hydrogens is 365 g/mol. The summed E-state index contributed by atoms with van der Waals surface area (Å²) in [4.78, 5) is 14.2. The first-order valence-electron chi connectivity index (χ1n) is 7.86. The highest BCUT2D eigenvalue weighted by Gasteiger charge is 2.26. The molecule has 0 bridgehead atoms. The molecule has 0 saturated carbocycles. The van der Waals surface area contributed by atoms with Gasteiger partial charge in [-0.2, -0.15) is 18.3 Å². The highest BCUT2D eigenvalue weighted by atomic mass is 19.4. The van der Waals surface area contributed by atoms with Gasteiger partial charge in [-0.1, -0.05) is 12.1 Å². The first kappa shape index (κ1) is 20.2. The normalized spacial score (nSPS) is 12.2. The van der Waals surface area contributed by atoms with Crippen LogP contribution in [-0.2, 0) is 17.9 Å².